The second kappa shape index (κ2) is 6.67. The van der Waals surface area contributed by atoms with E-state index in [1.807, 2.05) is 0 Å². The van der Waals surface area contributed by atoms with E-state index in [1.165, 1.54) is 31.4 Å². The number of hydrogen-bond donors (Lipinski definition) is 1. The summed E-state index contributed by atoms with van der Waals surface area (Å²) in [6, 6.07) is 8.50. The molecule has 2 aromatic rings. The van der Waals surface area contributed by atoms with Gasteiger partial charge in [0.05, 0.1) is 12.7 Å². The molecule has 110 valence electrons. The average Bonchev–Trinajstić information content (AvgIpc) is 2.45. The lowest BCUT2D eigenvalue weighted by atomic mass is 10.1. The van der Waals surface area contributed by atoms with Crippen LogP contribution >= 0.6 is 15.9 Å². The number of nitrogens with one attached hydrogen (secondary N) is 1. The van der Waals surface area contributed by atoms with Crippen molar-refractivity contribution < 1.29 is 18.3 Å². The molecule has 21 heavy (non-hydrogen) atoms. The quantitative estimate of drug-likeness (QED) is 0.838. The molecule has 2 rings (SSSR count). The summed E-state index contributed by atoms with van der Waals surface area (Å²) >= 11 is 3.24. The van der Waals surface area contributed by atoms with Gasteiger partial charge in [0, 0.05) is 16.7 Å². The Labute approximate surface area is 129 Å². The van der Waals surface area contributed by atoms with Gasteiger partial charge in [-0.2, -0.15) is 0 Å². The summed E-state index contributed by atoms with van der Waals surface area (Å²) < 4.78 is 31.8. The van der Waals surface area contributed by atoms with Gasteiger partial charge in [-0.25, -0.2) is 13.6 Å². The molecule has 0 aliphatic carbocycles. The van der Waals surface area contributed by atoms with Crippen molar-refractivity contribution in [3.63, 3.8) is 0 Å². The number of benzene rings is 2. The van der Waals surface area contributed by atoms with E-state index in [9.17, 15) is 13.6 Å². The number of carbonyl (C=O) groups excluding carboxylic acids is 1. The second-order valence-electron chi connectivity index (χ2n) is 4.28. The molecule has 6 heteroatoms. The van der Waals surface area contributed by atoms with Crippen LogP contribution in [0.3, 0.4) is 0 Å². The van der Waals surface area contributed by atoms with Crippen LogP contribution < -0.4 is 5.32 Å². The van der Waals surface area contributed by atoms with Crippen molar-refractivity contribution >= 4 is 27.6 Å². The largest absolute Gasteiger partial charge is 0.465 e. The topological polar surface area (TPSA) is 38.3 Å². The van der Waals surface area contributed by atoms with Gasteiger partial charge in [-0.1, -0.05) is 6.07 Å². The zero-order valence-corrected chi connectivity index (χ0v) is 12.7. The van der Waals surface area contributed by atoms with E-state index in [4.69, 9.17) is 0 Å². The van der Waals surface area contributed by atoms with Gasteiger partial charge in [0.15, 0.2) is 0 Å². The summed E-state index contributed by atoms with van der Waals surface area (Å²) in [5.74, 6) is -1.70. The third-order valence-electron chi connectivity index (χ3n) is 2.85. The molecule has 0 spiro atoms. The molecule has 3 nitrogen and oxygen atoms in total. The lowest BCUT2D eigenvalue weighted by molar-refractivity contribution is 0.0595. The van der Waals surface area contributed by atoms with E-state index in [1.54, 1.807) is 12.1 Å². The highest BCUT2D eigenvalue weighted by Gasteiger charge is 2.12. The fraction of sp³-hybridized carbons (Fsp3) is 0.133. The third-order valence-corrected chi connectivity index (χ3v) is 3.51. The minimum atomic E-state index is -0.715. The maximum atomic E-state index is 13.8. The highest BCUT2D eigenvalue weighted by atomic mass is 79.9. The molecule has 0 bridgehead atoms. The Bertz CT molecular complexity index is 677. The average molecular weight is 356 g/mol. The van der Waals surface area contributed by atoms with Crippen molar-refractivity contribution in [1.29, 1.82) is 0 Å². The summed E-state index contributed by atoms with van der Waals surface area (Å²) in [5.41, 5.74) is 1.23. The Balaban J connectivity index is 2.10. The van der Waals surface area contributed by atoms with Crippen molar-refractivity contribution in [2.45, 2.75) is 6.54 Å². The van der Waals surface area contributed by atoms with Crippen LogP contribution in [0.5, 0.6) is 0 Å². The summed E-state index contributed by atoms with van der Waals surface area (Å²) in [5, 5.41) is 3.05. The van der Waals surface area contributed by atoms with E-state index in [0.717, 1.165) is 0 Å². The summed E-state index contributed by atoms with van der Waals surface area (Å²) in [6.07, 6.45) is 0. The van der Waals surface area contributed by atoms with Crippen LogP contribution in [0.15, 0.2) is 40.9 Å². The summed E-state index contributed by atoms with van der Waals surface area (Å²) in [4.78, 5) is 11.3. The van der Waals surface area contributed by atoms with Crippen LogP contribution in [0.4, 0.5) is 14.5 Å². The van der Waals surface area contributed by atoms with E-state index in [-0.39, 0.29) is 11.4 Å². The molecule has 0 heterocycles. The van der Waals surface area contributed by atoms with Gasteiger partial charge in [0.1, 0.15) is 11.6 Å². The van der Waals surface area contributed by atoms with Gasteiger partial charge in [0.25, 0.3) is 0 Å². The summed E-state index contributed by atoms with van der Waals surface area (Å²) in [6.45, 7) is 0.336. The van der Waals surface area contributed by atoms with Gasteiger partial charge in [0.2, 0.25) is 0 Å². The van der Waals surface area contributed by atoms with E-state index in [0.29, 0.717) is 22.3 Å². The Kier molecular flexibility index (Phi) is 4.90. The number of rotatable bonds is 4. The number of anilines is 1. The Hall–Kier alpha value is -1.95. The highest BCUT2D eigenvalue weighted by molar-refractivity contribution is 9.10. The zero-order valence-electron chi connectivity index (χ0n) is 11.1. The number of hydrogen-bond acceptors (Lipinski definition) is 3. The van der Waals surface area contributed by atoms with Crippen LogP contribution in [-0.4, -0.2) is 13.1 Å². The fourth-order valence-electron chi connectivity index (χ4n) is 1.77. The van der Waals surface area contributed by atoms with Crippen LogP contribution in [0, 0.1) is 11.6 Å². The highest BCUT2D eigenvalue weighted by Crippen LogP contribution is 2.23. The molecule has 0 aliphatic rings. The smallest absolute Gasteiger partial charge is 0.340 e. The van der Waals surface area contributed by atoms with E-state index >= 15 is 0 Å². The van der Waals surface area contributed by atoms with Gasteiger partial charge >= 0.3 is 5.97 Å². The Morgan fingerprint density at radius 3 is 2.62 bits per heavy atom. The van der Waals surface area contributed by atoms with E-state index in [2.05, 4.69) is 26.0 Å². The number of carbonyl (C=O) groups is 1. The fourth-order valence-corrected chi connectivity index (χ4v) is 2.27. The normalized spacial score (nSPS) is 10.3. The number of halogens is 3. The second-order valence-corrected chi connectivity index (χ2v) is 5.14. The SMILES string of the molecule is COC(=O)c1ccc(CNc2ccc(F)cc2Br)cc1F. The predicted octanol–water partition coefficient (Wildman–Crippen LogP) is 4.13. The van der Waals surface area contributed by atoms with Gasteiger partial charge in [-0.15, -0.1) is 0 Å². The van der Waals surface area contributed by atoms with Crippen LogP contribution in [0.25, 0.3) is 0 Å². The predicted molar refractivity (Wildman–Crippen MR) is 79.2 cm³/mol. The Morgan fingerprint density at radius 2 is 2.00 bits per heavy atom. The molecule has 0 radical (unpaired) electrons. The van der Waals surface area contributed by atoms with Crippen molar-refractivity contribution in [3.05, 3.63) is 63.6 Å². The first-order valence-corrected chi connectivity index (χ1v) is 6.86. The minimum Gasteiger partial charge on any atom is -0.465 e. The van der Waals surface area contributed by atoms with E-state index < -0.39 is 11.8 Å². The van der Waals surface area contributed by atoms with Gasteiger partial charge < -0.3 is 10.1 Å². The van der Waals surface area contributed by atoms with Crippen LogP contribution in [0.2, 0.25) is 0 Å². The molecular weight excluding hydrogens is 344 g/mol. The molecule has 2 aromatic carbocycles. The number of esters is 1. The first-order valence-electron chi connectivity index (χ1n) is 6.07. The molecule has 0 aliphatic heterocycles. The van der Waals surface area contributed by atoms with Crippen molar-refractivity contribution in [2.75, 3.05) is 12.4 Å². The molecule has 0 saturated heterocycles. The van der Waals surface area contributed by atoms with Crippen molar-refractivity contribution in [2.24, 2.45) is 0 Å². The molecule has 1 N–H and O–H groups in total. The Morgan fingerprint density at radius 1 is 1.24 bits per heavy atom. The molecule has 0 aromatic heterocycles. The third kappa shape index (κ3) is 3.78. The lowest BCUT2D eigenvalue weighted by Crippen LogP contribution is -2.06. The lowest BCUT2D eigenvalue weighted by Gasteiger charge is -2.09. The standard InChI is InChI=1S/C15H12BrF2NO2/c1-21-15(20)11-4-2-9(6-13(11)18)8-19-14-5-3-10(17)7-12(14)16/h2-7,19H,8H2,1H3. The summed E-state index contributed by atoms with van der Waals surface area (Å²) in [7, 11) is 1.20. The van der Waals surface area contributed by atoms with Crippen molar-refractivity contribution in [3.8, 4) is 0 Å². The molecule has 0 unspecified atom stereocenters. The maximum Gasteiger partial charge on any atom is 0.340 e. The molecule has 0 amide bonds. The number of methoxy groups -OCH3 is 1. The van der Waals surface area contributed by atoms with Crippen molar-refractivity contribution in [1.82, 2.24) is 0 Å². The molecule has 0 atom stereocenters. The van der Waals surface area contributed by atoms with Crippen LogP contribution in [-0.2, 0) is 11.3 Å². The molecule has 0 saturated carbocycles. The minimum absolute atomic E-state index is 0.107. The molecular formula is C15H12BrF2NO2. The first-order chi connectivity index (χ1) is 10.0. The number of ether oxygens (including phenoxy) is 1. The zero-order chi connectivity index (χ0) is 15.4. The maximum absolute atomic E-state index is 13.8. The van der Waals surface area contributed by atoms with Crippen LogP contribution in [0.1, 0.15) is 15.9 Å². The van der Waals surface area contributed by atoms with Gasteiger partial charge in [-0.3, -0.25) is 0 Å². The first kappa shape index (κ1) is 15.4. The monoisotopic (exact) mass is 355 g/mol. The van der Waals surface area contributed by atoms with Gasteiger partial charge in [-0.05, 0) is 51.8 Å². The molecule has 0 fully saturated rings.